The lowest BCUT2D eigenvalue weighted by Gasteiger charge is -2.24. The summed E-state index contributed by atoms with van der Waals surface area (Å²) in [5.74, 6) is 0.884. The van der Waals surface area contributed by atoms with Crippen molar-refractivity contribution < 1.29 is 5.11 Å². The maximum Gasteiger partial charge on any atom is 0.0555 e. The molecule has 12 heavy (non-hydrogen) atoms. The van der Waals surface area contributed by atoms with Gasteiger partial charge in [0.1, 0.15) is 0 Å². The number of nitrogens with two attached hydrogens (primary N) is 1. The summed E-state index contributed by atoms with van der Waals surface area (Å²) < 4.78 is 0. The fraction of sp³-hybridized carbons (Fsp3) is 1.00. The smallest absolute Gasteiger partial charge is 0.0555 e. The van der Waals surface area contributed by atoms with Gasteiger partial charge in [-0.3, -0.25) is 0 Å². The van der Waals surface area contributed by atoms with Crippen molar-refractivity contribution in [2.24, 2.45) is 17.6 Å². The highest BCUT2D eigenvalue weighted by molar-refractivity contribution is 4.82. The van der Waals surface area contributed by atoms with Gasteiger partial charge in [0.15, 0.2) is 0 Å². The van der Waals surface area contributed by atoms with E-state index in [0.29, 0.717) is 12.5 Å². The van der Waals surface area contributed by atoms with Crippen LogP contribution in [0.1, 0.15) is 13.3 Å². The first-order valence-corrected chi connectivity index (χ1v) is 4.71. The quantitative estimate of drug-likeness (QED) is 0.624. The molecule has 0 radical (unpaired) electrons. The summed E-state index contributed by atoms with van der Waals surface area (Å²) in [5.41, 5.74) is 5.62. The second-order valence-electron chi connectivity index (χ2n) is 3.95. The van der Waals surface area contributed by atoms with Crippen molar-refractivity contribution in [1.82, 2.24) is 4.90 Å². The molecule has 0 aromatic rings. The Balaban J connectivity index is 2.44. The molecule has 0 amide bonds. The van der Waals surface area contributed by atoms with Crippen LogP contribution in [0.15, 0.2) is 0 Å². The molecule has 1 saturated heterocycles. The molecule has 0 aromatic heterocycles. The Morgan fingerprint density at radius 1 is 1.67 bits per heavy atom. The maximum absolute atomic E-state index is 9.46. The van der Waals surface area contributed by atoms with Crippen LogP contribution in [0.4, 0.5) is 0 Å². The largest absolute Gasteiger partial charge is 0.393 e. The average Bonchev–Trinajstić information content (AvgIpc) is 2.37. The number of hydrogen-bond acceptors (Lipinski definition) is 3. The molecule has 0 saturated carbocycles. The van der Waals surface area contributed by atoms with E-state index in [-0.39, 0.29) is 12.0 Å². The zero-order valence-corrected chi connectivity index (χ0v) is 8.03. The fourth-order valence-corrected chi connectivity index (χ4v) is 2.10. The van der Waals surface area contributed by atoms with Gasteiger partial charge in [-0.15, -0.1) is 0 Å². The van der Waals surface area contributed by atoms with Crippen LogP contribution in [0.5, 0.6) is 0 Å². The SMILES string of the molecule is CC(O)C(CN)C1CCN(C)C1. The molecular formula is C9H20N2O. The van der Waals surface area contributed by atoms with Gasteiger partial charge in [0.05, 0.1) is 6.10 Å². The van der Waals surface area contributed by atoms with Gasteiger partial charge in [-0.1, -0.05) is 0 Å². The summed E-state index contributed by atoms with van der Waals surface area (Å²) in [7, 11) is 2.12. The van der Waals surface area contributed by atoms with Gasteiger partial charge in [0.25, 0.3) is 0 Å². The lowest BCUT2D eigenvalue weighted by molar-refractivity contribution is 0.0947. The van der Waals surface area contributed by atoms with E-state index >= 15 is 0 Å². The Bertz CT molecular complexity index is 138. The van der Waals surface area contributed by atoms with E-state index in [1.807, 2.05) is 6.92 Å². The van der Waals surface area contributed by atoms with Crippen molar-refractivity contribution >= 4 is 0 Å². The van der Waals surface area contributed by atoms with Crippen molar-refractivity contribution in [2.45, 2.75) is 19.4 Å². The molecule has 1 rings (SSSR count). The maximum atomic E-state index is 9.46. The minimum Gasteiger partial charge on any atom is -0.393 e. The fourth-order valence-electron chi connectivity index (χ4n) is 2.10. The van der Waals surface area contributed by atoms with Crippen molar-refractivity contribution in [1.29, 1.82) is 0 Å². The summed E-state index contributed by atoms with van der Waals surface area (Å²) in [6.07, 6.45) is 0.926. The molecule has 1 fully saturated rings. The van der Waals surface area contributed by atoms with Crippen LogP contribution in [-0.4, -0.2) is 42.8 Å². The number of nitrogens with zero attached hydrogens (tertiary/aromatic N) is 1. The highest BCUT2D eigenvalue weighted by atomic mass is 16.3. The van der Waals surface area contributed by atoms with E-state index < -0.39 is 0 Å². The second kappa shape index (κ2) is 4.21. The number of rotatable bonds is 3. The predicted octanol–water partition coefficient (Wildman–Crippen LogP) is -0.106. The van der Waals surface area contributed by atoms with Crippen molar-refractivity contribution in [2.75, 3.05) is 26.7 Å². The zero-order valence-electron chi connectivity index (χ0n) is 8.03. The number of aliphatic hydroxyl groups excluding tert-OH is 1. The lowest BCUT2D eigenvalue weighted by Crippen LogP contribution is -2.33. The number of likely N-dealkylation sites (tertiary alicyclic amines) is 1. The molecule has 72 valence electrons. The first-order chi connectivity index (χ1) is 5.65. The van der Waals surface area contributed by atoms with Gasteiger partial charge in [-0.05, 0) is 39.4 Å². The zero-order chi connectivity index (χ0) is 9.14. The summed E-state index contributed by atoms with van der Waals surface area (Å²) in [4.78, 5) is 2.30. The molecule has 1 heterocycles. The van der Waals surface area contributed by atoms with Crippen LogP contribution in [0.25, 0.3) is 0 Å². The second-order valence-corrected chi connectivity index (χ2v) is 3.95. The third-order valence-corrected chi connectivity index (χ3v) is 2.93. The van der Waals surface area contributed by atoms with Crippen LogP contribution < -0.4 is 5.73 Å². The molecule has 0 aromatic carbocycles. The Morgan fingerprint density at radius 2 is 2.33 bits per heavy atom. The van der Waals surface area contributed by atoms with Gasteiger partial charge >= 0.3 is 0 Å². The predicted molar refractivity (Wildman–Crippen MR) is 49.8 cm³/mol. The van der Waals surface area contributed by atoms with Gasteiger partial charge < -0.3 is 15.7 Å². The lowest BCUT2D eigenvalue weighted by atomic mass is 9.87. The molecule has 3 heteroatoms. The summed E-state index contributed by atoms with van der Waals surface area (Å²) in [5, 5.41) is 9.46. The van der Waals surface area contributed by atoms with Crippen molar-refractivity contribution in [3.8, 4) is 0 Å². The molecule has 0 aliphatic carbocycles. The molecule has 1 aliphatic heterocycles. The summed E-state index contributed by atoms with van der Waals surface area (Å²) >= 11 is 0. The summed E-state index contributed by atoms with van der Waals surface area (Å²) in [6.45, 7) is 4.69. The van der Waals surface area contributed by atoms with Crippen molar-refractivity contribution in [3.05, 3.63) is 0 Å². The Hall–Kier alpha value is -0.120. The molecule has 3 N–H and O–H groups in total. The Kier molecular flexibility index (Phi) is 3.50. The first-order valence-electron chi connectivity index (χ1n) is 4.71. The monoisotopic (exact) mass is 172 g/mol. The molecule has 3 unspecified atom stereocenters. The molecular weight excluding hydrogens is 152 g/mol. The van der Waals surface area contributed by atoms with E-state index in [9.17, 15) is 5.11 Å². The van der Waals surface area contributed by atoms with Crippen molar-refractivity contribution in [3.63, 3.8) is 0 Å². The molecule has 0 spiro atoms. The van der Waals surface area contributed by atoms with E-state index in [4.69, 9.17) is 5.73 Å². The van der Waals surface area contributed by atoms with Crippen LogP contribution in [0.2, 0.25) is 0 Å². The third kappa shape index (κ3) is 2.19. The molecule has 3 atom stereocenters. The Labute approximate surface area is 74.5 Å². The number of hydrogen-bond donors (Lipinski definition) is 2. The third-order valence-electron chi connectivity index (χ3n) is 2.93. The average molecular weight is 172 g/mol. The van der Waals surface area contributed by atoms with E-state index in [2.05, 4.69) is 11.9 Å². The van der Waals surface area contributed by atoms with Crippen LogP contribution >= 0.6 is 0 Å². The van der Waals surface area contributed by atoms with Gasteiger partial charge in [-0.2, -0.15) is 0 Å². The Morgan fingerprint density at radius 3 is 2.67 bits per heavy atom. The molecule has 1 aliphatic rings. The highest BCUT2D eigenvalue weighted by Crippen LogP contribution is 2.24. The molecule has 3 nitrogen and oxygen atoms in total. The van der Waals surface area contributed by atoms with Crippen LogP contribution in [0.3, 0.4) is 0 Å². The van der Waals surface area contributed by atoms with Crippen LogP contribution in [0, 0.1) is 11.8 Å². The topological polar surface area (TPSA) is 49.5 Å². The first kappa shape index (κ1) is 9.96. The van der Waals surface area contributed by atoms with Gasteiger partial charge in [0, 0.05) is 12.5 Å². The number of aliphatic hydroxyl groups is 1. The van der Waals surface area contributed by atoms with E-state index in [1.165, 1.54) is 6.42 Å². The van der Waals surface area contributed by atoms with Crippen LogP contribution in [-0.2, 0) is 0 Å². The molecule has 0 bridgehead atoms. The van der Waals surface area contributed by atoms with E-state index in [1.54, 1.807) is 0 Å². The standard InChI is InChI=1S/C9H20N2O/c1-7(12)9(5-10)8-3-4-11(2)6-8/h7-9,12H,3-6,10H2,1-2H3. The minimum atomic E-state index is -0.258. The highest BCUT2D eigenvalue weighted by Gasteiger charge is 2.29. The summed E-state index contributed by atoms with van der Waals surface area (Å²) in [6, 6.07) is 0. The minimum absolute atomic E-state index is 0.258. The van der Waals surface area contributed by atoms with Gasteiger partial charge in [-0.25, -0.2) is 0 Å². The van der Waals surface area contributed by atoms with Gasteiger partial charge in [0.2, 0.25) is 0 Å². The van der Waals surface area contributed by atoms with E-state index in [0.717, 1.165) is 13.1 Å². The normalized spacial score (nSPS) is 30.5.